The number of ether oxygens (including phenoxy) is 1. The summed E-state index contributed by atoms with van der Waals surface area (Å²) in [5.74, 6) is -1.58. The van der Waals surface area contributed by atoms with E-state index < -0.39 is 18.3 Å². The summed E-state index contributed by atoms with van der Waals surface area (Å²) < 4.78 is 40.7. The fourth-order valence-electron chi connectivity index (χ4n) is 0.722. The van der Waals surface area contributed by atoms with Crippen LogP contribution in [0.5, 0.6) is 5.88 Å². The predicted octanol–water partition coefficient (Wildman–Crippen LogP) is 1.44. The second-order valence-corrected chi connectivity index (χ2v) is 1.93. The van der Waals surface area contributed by atoms with E-state index >= 15 is 0 Å². The molecule has 1 rings (SSSR count). The van der Waals surface area contributed by atoms with Crippen molar-refractivity contribution >= 4 is 0 Å². The first-order valence-corrected chi connectivity index (χ1v) is 3.24. The molecular formula is C6H6F3N2O. The molecule has 6 heteroatoms. The summed E-state index contributed by atoms with van der Waals surface area (Å²) in [6.45, 7) is -1.17. The largest absolute Gasteiger partial charge is 0.414 e. The molecule has 0 bridgehead atoms. The maximum atomic E-state index is 12.6. The van der Waals surface area contributed by atoms with Crippen molar-refractivity contribution in [3.05, 3.63) is 12.0 Å². The molecule has 3 nitrogen and oxygen atoms in total. The van der Waals surface area contributed by atoms with Crippen molar-refractivity contribution in [2.24, 2.45) is 0 Å². The molecule has 0 unspecified atom stereocenters. The Morgan fingerprint density at radius 3 is 2.83 bits per heavy atom. The minimum absolute atomic E-state index is 0.252. The third kappa shape index (κ3) is 1.69. The molecule has 0 saturated heterocycles. The number of rotatable bonds is 3. The lowest BCUT2D eigenvalue weighted by molar-refractivity contribution is -0.0581. The zero-order valence-corrected chi connectivity index (χ0v) is 6.22. The molecular weight excluding hydrogens is 173 g/mol. The van der Waals surface area contributed by atoms with E-state index in [4.69, 9.17) is 0 Å². The van der Waals surface area contributed by atoms with Crippen molar-refractivity contribution in [3.63, 3.8) is 0 Å². The molecule has 0 amide bonds. The summed E-state index contributed by atoms with van der Waals surface area (Å²) >= 11 is 0. The molecule has 1 aromatic heterocycles. The minimum Gasteiger partial charge on any atom is -0.414 e. The SMILES string of the molecule is CCn1n[c]c(F)c1OC(F)F. The molecule has 0 saturated carbocycles. The smallest absolute Gasteiger partial charge is 0.388 e. The van der Waals surface area contributed by atoms with Crippen LogP contribution in [0.15, 0.2) is 0 Å². The molecule has 0 aliphatic carbocycles. The summed E-state index contributed by atoms with van der Waals surface area (Å²) in [7, 11) is 0. The van der Waals surface area contributed by atoms with Crippen molar-refractivity contribution in [3.8, 4) is 5.88 Å². The van der Waals surface area contributed by atoms with E-state index in [-0.39, 0.29) is 6.54 Å². The van der Waals surface area contributed by atoms with Gasteiger partial charge < -0.3 is 4.74 Å². The normalized spacial score (nSPS) is 10.8. The Balaban J connectivity index is 2.86. The molecule has 1 aromatic rings. The highest BCUT2D eigenvalue weighted by molar-refractivity contribution is 5.10. The van der Waals surface area contributed by atoms with Crippen LogP contribution in [-0.4, -0.2) is 16.4 Å². The van der Waals surface area contributed by atoms with Gasteiger partial charge in [0.2, 0.25) is 5.82 Å². The summed E-state index contributed by atoms with van der Waals surface area (Å²) in [4.78, 5) is 0. The Morgan fingerprint density at radius 1 is 1.67 bits per heavy atom. The number of alkyl halides is 2. The zero-order chi connectivity index (χ0) is 9.14. The van der Waals surface area contributed by atoms with Crippen LogP contribution in [0.2, 0.25) is 0 Å². The number of nitrogens with zero attached hydrogens (tertiary/aromatic N) is 2. The first-order valence-electron chi connectivity index (χ1n) is 3.24. The highest BCUT2D eigenvalue weighted by Gasteiger charge is 2.15. The summed E-state index contributed by atoms with van der Waals surface area (Å²) in [6.07, 6.45) is 1.88. The van der Waals surface area contributed by atoms with Gasteiger partial charge in [0.15, 0.2) is 6.20 Å². The summed E-state index contributed by atoms with van der Waals surface area (Å²) in [5.41, 5.74) is 0. The molecule has 0 spiro atoms. The van der Waals surface area contributed by atoms with Gasteiger partial charge in [-0.1, -0.05) is 0 Å². The highest BCUT2D eigenvalue weighted by atomic mass is 19.3. The molecule has 1 heterocycles. The zero-order valence-electron chi connectivity index (χ0n) is 6.22. The molecule has 1 radical (unpaired) electrons. The van der Waals surface area contributed by atoms with E-state index in [9.17, 15) is 13.2 Å². The van der Waals surface area contributed by atoms with Crippen LogP contribution in [0.25, 0.3) is 0 Å². The molecule has 0 atom stereocenters. The highest BCUT2D eigenvalue weighted by Crippen LogP contribution is 2.17. The van der Waals surface area contributed by atoms with Crippen molar-refractivity contribution in [1.29, 1.82) is 0 Å². The Labute approximate surface area is 66.7 Å². The second-order valence-electron chi connectivity index (χ2n) is 1.93. The molecule has 67 valence electrons. The van der Waals surface area contributed by atoms with Gasteiger partial charge in [0.1, 0.15) is 0 Å². The lowest BCUT2D eigenvalue weighted by atomic mass is 10.6. The molecule has 12 heavy (non-hydrogen) atoms. The third-order valence-corrected chi connectivity index (χ3v) is 1.19. The van der Waals surface area contributed by atoms with Gasteiger partial charge in [0, 0.05) is 6.54 Å². The standard InChI is InChI=1S/C6H6F3N2O/c1-2-11-5(12-6(8)9)4(7)3-10-11/h6H,2H2,1H3. The van der Waals surface area contributed by atoms with E-state index in [2.05, 4.69) is 9.84 Å². The van der Waals surface area contributed by atoms with Gasteiger partial charge in [0.25, 0.3) is 5.88 Å². The molecule has 0 aliphatic heterocycles. The quantitative estimate of drug-likeness (QED) is 0.702. The lowest BCUT2D eigenvalue weighted by Gasteiger charge is -2.04. The van der Waals surface area contributed by atoms with Crippen LogP contribution < -0.4 is 4.74 Å². The Morgan fingerprint density at radius 2 is 2.33 bits per heavy atom. The lowest BCUT2D eigenvalue weighted by Crippen LogP contribution is -2.08. The van der Waals surface area contributed by atoms with Crippen molar-refractivity contribution in [2.45, 2.75) is 20.1 Å². The number of halogens is 3. The van der Waals surface area contributed by atoms with Gasteiger partial charge in [-0.2, -0.15) is 18.3 Å². The van der Waals surface area contributed by atoms with Gasteiger partial charge in [0.05, 0.1) is 0 Å². The maximum Gasteiger partial charge on any atom is 0.388 e. The molecule has 0 aliphatic rings. The van der Waals surface area contributed by atoms with Crippen LogP contribution in [0, 0.1) is 12.0 Å². The number of hydrogen-bond acceptors (Lipinski definition) is 2. The first kappa shape index (κ1) is 8.89. The van der Waals surface area contributed by atoms with Gasteiger partial charge in [-0.3, -0.25) is 0 Å². The Kier molecular flexibility index (Phi) is 2.57. The van der Waals surface area contributed by atoms with E-state index in [1.54, 1.807) is 6.92 Å². The fraction of sp³-hybridized carbons (Fsp3) is 0.500. The van der Waals surface area contributed by atoms with E-state index in [1.165, 1.54) is 0 Å². The van der Waals surface area contributed by atoms with Crippen molar-refractivity contribution < 1.29 is 17.9 Å². The first-order chi connectivity index (χ1) is 5.65. The third-order valence-electron chi connectivity index (χ3n) is 1.19. The monoisotopic (exact) mass is 179 g/mol. The number of hydrogen-bond donors (Lipinski definition) is 0. The molecule has 0 aromatic carbocycles. The van der Waals surface area contributed by atoms with E-state index in [0.29, 0.717) is 0 Å². The van der Waals surface area contributed by atoms with Gasteiger partial charge >= 0.3 is 6.61 Å². The number of aromatic nitrogens is 2. The minimum atomic E-state index is -3.05. The van der Waals surface area contributed by atoms with Crippen LogP contribution >= 0.6 is 0 Å². The molecule has 0 N–H and O–H groups in total. The average Bonchev–Trinajstić information content (AvgIpc) is 2.32. The predicted molar refractivity (Wildman–Crippen MR) is 33.3 cm³/mol. The maximum absolute atomic E-state index is 12.6. The van der Waals surface area contributed by atoms with E-state index in [1.807, 2.05) is 6.20 Å². The van der Waals surface area contributed by atoms with E-state index in [0.717, 1.165) is 4.68 Å². The van der Waals surface area contributed by atoms with Crippen LogP contribution in [-0.2, 0) is 6.54 Å². The van der Waals surface area contributed by atoms with Gasteiger partial charge in [-0.05, 0) is 6.92 Å². The average molecular weight is 179 g/mol. The van der Waals surface area contributed by atoms with Crippen molar-refractivity contribution in [1.82, 2.24) is 9.78 Å². The van der Waals surface area contributed by atoms with Crippen LogP contribution in [0.1, 0.15) is 6.92 Å². The summed E-state index contributed by atoms with van der Waals surface area (Å²) in [6, 6.07) is 0. The Hall–Kier alpha value is -1.20. The van der Waals surface area contributed by atoms with Crippen LogP contribution in [0.4, 0.5) is 13.2 Å². The topological polar surface area (TPSA) is 27.1 Å². The van der Waals surface area contributed by atoms with Crippen LogP contribution in [0.3, 0.4) is 0 Å². The van der Waals surface area contributed by atoms with Gasteiger partial charge in [-0.25, -0.2) is 4.68 Å². The van der Waals surface area contributed by atoms with Gasteiger partial charge in [-0.15, -0.1) is 0 Å². The molecule has 0 fully saturated rings. The summed E-state index contributed by atoms with van der Waals surface area (Å²) in [5, 5.41) is 3.35. The second kappa shape index (κ2) is 3.46. The number of aryl methyl sites for hydroxylation is 1. The Bertz CT molecular complexity index is 261. The fourth-order valence-corrected chi connectivity index (χ4v) is 0.722. The van der Waals surface area contributed by atoms with Crippen molar-refractivity contribution in [2.75, 3.05) is 0 Å².